The zero-order chi connectivity index (χ0) is 27.4. The number of benzene rings is 4. The second kappa shape index (κ2) is 13.8. The number of rotatable bonds is 7. The highest BCUT2D eigenvalue weighted by molar-refractivity contribution is 5.94. The van der Waals surface area contributed by atoms with Gasteiger partial charge in [0.2, 0.25) is 0 Å². The molecule has 6 heteroatoms. The van der Waals surface area contributed by atoms with Crippen molar-refractivity contribution in [1.29, 1.82) is 0 Å². The van der Waals surface area contributed by atoms with Crippen LogP contribution >= 0.6 is 0 Å². The van der Waals surface area contributed by atoms with E-state index in [2.05, 4.69) is 0 Å². The summed E-state index contributed by atoms with van der Waals surface area (Å²) in [6, 6.07) is 32.3. The van der Waals surface area contributed by atoms with Crippen molar-refractivity contribution in [1.82, 2.24) is 0 Å². The lowest BCUT2D eigenvalue weighted by atomic mass is 10.1. The van der Waals surface area contributed by atoms with E-state index in [1.807, 2.05) is 82.3 Å². The van der Waals surface area contributed by atoms with Crippen LogP contribution in [0.4, 0.5) is 0 Å². The van der Waals surface area contributed by atoms with Crippen LogP contribution in [0, 0.1) is 6.92 Å². The second-order valence-corrected chi connectivity index (χ2v) is 9.24. The van der Waals surface area contributed by atoms with E-state index < -0.39 is 5.97 Å². The lowest BCUT2D eigenvalue weighted by Crippen LogP contribution is -2.22. The fourth-order valence-corrected chi connectivity index (χ4v) is 3.13. The molecule has 0 spiro atoms. The molecule has 0 heterocycles. The van der Waals surface area contributed by atoms with Crippen LogP contribution in [0.3, 0.4) is 0 Å². The highest BCUT2D eigenvalue weighted by Gasteiger charge is 2.16. The molecule has 0 aliphatic rings. The first-order valence-electron chi connectivity index (χ1n) is 12.2. The molecular weight excluding hydrogens is 480 g/mol. The molecule has 0 radical (unpaired) electrons. The highest BCUT2D eigenvalue weighted by atomic mass is 16.7. The summed E-state index contributed by atoms with van der Waals surface area (Å²) in [4.78, 5) is 24.1. The number of hydrogen-bond acceptors (Lipinski definition) is 6. The third-order valence-corrected chi connectivity index (χ3v) is 5.09. The van der Waals surface area contributed by atoms with Crippen LogP contribution in [0.1, 0.15) is 47.1 Å². The standard InChI is InChI=1S/C18H20O4.C14H12O2/c1-18(2,3)21-13-20-16-12-8-7-11-15(16)17(19)22-14-9-5-4-6-10-14;1-11-7-5-6-10-13(11)14(15)16-12-8-3-2-4-9-12/h4-12H,13H2,1-3H3;2-10H,1H3. The van der Waals surface area contributed by atoms with Gasteiger partial charge in [-0.1, -0.05) is 66.7 Å². The Morgan fingerprint density at radius 3 is 1.58 bits per heavy atom. The van der Waals surface area contributed by atoms with Gasteiger partial charge in [0, 0.05) is 0 Å². The number of ether oxygens (including phenoxy) is 4. The predicted octanol–water partition coefficient (Wildman–Crippen LogP) is 7.27. The SMILES string of the molecule is CC(C)(C)OCOc1ccccc1C(=O)Oc1ccccc1.Cc1ccccc1C(=O)Oc1ccccc1. The molecule has 0 amide bonds. The molecule has 38 heavy (non-hydrogen) atoms. The lowest BCUT2D eigenvalue weighted by Gasteiger charge is -2.20. The first kappa shape index (κ1) is 28.2. The number of hydrogen-bond donors (Lipinski definition) is 0. The van der Waals surface area contributed by atoms with Gasteiger partial charge in [-0.15, -0.1) is 0 Å². The van der Waals surface area contributed by atoms with Gasteiger partial charge in [0.05, 0.1) is 11.2 Å². The molecule has 0 atom stereocenters. The molecular formula is C32H32O6. The molecule has 0 aromatic heterocycles. The van der Waals surface area contributed by atoms with Gasteiger partial charge in [-0.2, -0.15) is 0 Å². The molecule has 4 rings (SSSR count). The van der Waals surface area contributed by atoms with Gasteiger partial charge in [-0.3, -0.25) is 0 Å². The van der Waals surface area contributed by atoms with Gasteiger partial charge in [0.25, 0.3) is 0 Å². The maximum atomic E-state index is 12.3. The molecule has 0 aliphatic carbocycles. The summed E-state index contributed by atoms with van der Waals surface area (Å²) in [7, 11) is 0. The van der Waals surface area contributed by atoms with Crippen molar-refractivity contribution in [3.63, 3.8) is 0 Å². The molecule has 4 aromatic rings. The van der Waals surface area contributed by atoms with Crippen LogP contribution in [-0.2, 0) is 4.74 Å². The van der Waals surface area contributed by atoms with E-state index in [-0.39, 0.29) is 18.4 Å². The van der Waals surface area contributed by atoms with Crippen molar-refractivity contribution in [3.8, 4) is 17.2 Å². The third kappa shape index (κ3) is 9.22. The van der Waals surface area contributed by atoms with Gasteiger partial charge in [0.1, 0.15) is 22.8 Å². The van der Waals surface area contributed by atoms with E-state index in [4.69, 9.17) is 18.9 Å². The Hall–Kier alpha value is -4.42. The molecule has 0 saturated carbocycles. The quantitative estimate of drug-likeness (QED) is 0.147. The van der Waals surface area contributed by atoms with Gasteiger partial charge < -0.3 is 18.9 Å². The highest BCUT2D eigenvalue weighted by Crippen LogP contribution is 2.21. The maximum absolute atomic E-state index is 12.3. The van der Waals surface area contributed by atoms with Crippen molar-refractivity contribution in [2.24, 2.45) is 0 Å². The summed E-state index contributed by atoms with van der Waals surface area (Å²) in [5.74, 6) is 0.721. The second-order valence-electron chi connectivity index (χ2n) is 9.24. The number of carbonyl (C=O) groups excluding carboxylic acids is 2. The van der Waals surface area contributed by atoms with E-state index >= 15 is 0 Å². The molecule has 4 aromatic carbocycles. The average molecular weight is 513 g/mol. The van der Waals surface area contributed by atoms with Gasteiger partial charge in [-0.05, 0) is 75.7 Å². The Bertz CT molecular complexity index is 1310. The fraction of sp³-hybridized carbons (Fsp3) is 0.188. The van der Waals surface area contributed by atoms with Crippen molar-refractivity contribution >= 4 is 11.9 Å². The Kier molecular flexibility index (Phi) is 10.2. The number of esters is 2. The van der Waals surface area contributed by atoms with Crippen LogP contribution in [0.15, 0.2) is 109 Å². The number of carbonyl (C=O) groups is 2. The fourth-order valence-electron chi connectivity index (χ4n) is 3.13. The van der Waals surface area contributed by atoms with Crippen LogP contribution in [0.2, 0.25) is 0 Å². The number of aryl methyl sites for hydroxylation is 1. The smallest absolute Gasteiger partial charge is 0.347 e. The van der Waals surface area contributed by atoms with E-state index in [0.717, 1.165) is 5.56 Å². The van der Waals surface area contributed by atoms with Crippen molar-refractivity contribution in [2.75, 3.05) is 6.79 Å². The van der Waals surface area contributed by atoms with Crippen molar-refractivity contribution in [2.45, 2.75) is 33.3 Å². The monoisotopic (exact) mass is 512 g/mol. The molecule has 0 N–H and O–H groups in total. The Balaban J connectivity index is 0.000000221. The normalized spacial score (nSPS) is 10.5. The van der Waals surface area contributed by atoms with Crippen LogP contribution in [0.25, 0.3) is 0 Å². The molecule has 0 unspecified atom stereocenters. The van der Waals surface area contributed by atoms with E-state index in [9.17, 15) is 9.59 Å². The minimum absolute atomic E-state index is 0.0686. The molecule has 6 nitrogen and oxygen atoms in total. The van der Waals surface area contributed by atoms with Gasteiger partial charge in [-0.25, -0.2) is 9.59 Å². The van der Waals surface area contributed by atoms with Gasteiger partial charge >= 0.3 is 11.9 Å². The molecule has 0 fully saturated rings. The van der Waals surface area contributed by atoms with Crippen LogP contribution in [0.5, 0.6) is 17.2 Å². The Labute approximate surface area is 223 Å². The largest absolute Gasteiger partial charge is 0.467 e. The molecule has 0 saturated heterocycles. The van der Waals surface area contributed by atoms with E-state index in [1.165, 1.54) is 0 Å². The van der Waals surface area contributed by atoms with Crippen LogP contribution < -0.4 is 14.2 Å². The first-order chi connectivity index (χ1) is 18.2. The van der Waals surface area contributed by atoms with Crippen molar-refractivity contribution in [3.05, 3.63) is 126 Å². The topological polar surface area (TPSA) is 71.1 Å². The average Bonchev–Trinajstić information content (AvgIpc) is 2.90. The van der Waals surface area contributed by atoms with Crippen molar-refractivity contribution < 1.29 is 28.5 Å². The first-order valence-corrected chi connectivity index (χ1v) is 12.2. The summed E-state index contributed by atoms with van der Waals surface area (Å²) in [5, 5.41) is 0. The predicted molar refractivity (Wildman–Crippen MR) is 147 cm³/mol. The molecule has 196 valence electrons. The summed E-state index contributed by atoms with van der Waals surface area (Å²) in [6.45, 7) is 7.77. The number of para-hydroxylation sites is 3. The van der Waals surface area contributed by atoms with Gasteiger partial charge in [0.15, 0.2) is 6.79 Å². The summed E-state index contributed by atoms with van der Waals surface area (Å²) >= 11 is 0. The Morgan fingerprint density at radius 2 is 1.05 bits per heavy atom. The van der Waals surface area contributed by atoms with Crippen LogP contribution in [-0.4, -0.2) is 24.3 Å². The molecule has 0 aliphatic heterocycles. The van der Waals surface area contributed by atoms with E-state index in [1.54, 1.807) is 54.6 Å². The zero-order valence-electron chi connectivity index (χ0n) is 22.0. The zero-order valence-corrected chi connectivity index (χ0v) is 22.0. The summed E-state index contributed by atoms with van der Waals surface area (Å²) < 4.78 is 21.6. The summed E-state index contributed by atoms with van der Waals surface area (Å²) in [5.41, 5.74) is 1.58. The summed E-state index contributed by atoms with van der Waals surface area (Å²) in [6.07, 6.45) is 0. The Morgan fingerprint density at radius 1 is 0.605 bits per heavy atom. The minimum atomic E-state index is -0.461. The minimum Gasteiger partial charge on any atom is -0.467 e. The maximum Gasteiger partial charge on any atom is 0.347 e. The molecule has 0 bridgehead atoms. The van der Waals surface area contributed by atoms with E-state index in [0.29, 0.717) is 28.4 Å². The third-order valence-electron chi connectivity index (χ3n) is 5.09. The lowest BCUT2D eigenvalue weighted by molar-refractivity contribution is -0.0760.